The number of nitrogens with zero attached hydrogens (tertiary/aromatic N) is 1. The quantitative estimate of drug-likeness (QED) is 0.657. The van der Waals surface area contributed by atoms with Crippen molar-refractivity contribution in [1.82, 2.24) is 0 Å². The highest BCUT2D eigenvalue weighted by Gasteiger charge is 1.90. The molecule has 0 N–H and O–H groups in total. The lowest BCUT2D eigenvalue weighted by molar-refractivity contribution is 0.414. The van der Waals surface area contributed by atoms with Crippen LogP contribution in [0.15, 0.2) is 36.4 Å². The lowest BCUT2D eigenvalue weighted by Gasteiger charge is -1.99. The zero-order chi connectivity index (χ0) is 9.52. The van der Waals surface area contributed by atoms with E-state index in [-0.39, 0.29) is 0 Å². The first-order valence-corrected chi connectivity index (χ1v) is 4.04. The Hall–Kier alpha value is -1.75. The zero-order valence-electron chi connectivity index (χ0n) is 7.53. The first-order valence-electron chi connectivity index (χ1n) is 4.04. The van der Waals surface area contributed by atoms with Crippen molar-refractivity contribution >= 4 is 0 Å². The fourth-order valence-corrected chi connectivity index (χ4v) is 1.01. The van der Waals surface area contributed by atoms with Gasteiger partial charge in [-0.25, -0.2) is 0 Å². The van der Waals surface area contributed by atoms with Gasteiger partial charge in [0.25, 0.3) is 0 Å². The molecule has 0 aliphatic rings. The second-order valence-electron chi connectivity index (χ2n) is 2.58. The largest absolute Gasteiger partial charge is 0.497 e. The standard InChI is InChI=1S/C11H11NO/c1-13-11-7-5-10(6-8-11)4-2-3-9-12/h2-3,5-8H,4H2,1H3/b3-2-. The van der Waals surface area contributed by atoms with Crippen LogP contribution in [-0.4, -0.2) is 7.11 Å². The molecule has 2 nitrogen and oxygen atoms in total. The van der Waals surface area contributed by atoms with Gasteiger partial charge >= 0.3 is 0 Å². The summed E-state index contributed by atoms with van der Waals surface area (Å²) in [6.07, 6.45) is 4.11. The van der Waals surface area contributed by atoms with Crippen LogP contribution in [0, 0.1) is 11.3 Å². The molecule has 13 heavy (non-hydrogen) atoms. The average molecular weight is 173 g/mol. The fourth-order valence-electron chi connectivity index (χ4n) is 1.01. The molecule has 0 fully saturated rings. The van der Waals surface area contributed by atoms with Crippen LogP contribution in [0.25, 0.3) is 0 Å². The number of rotatable bonds is 3. The molecule has 0 aliphatic heterocycles. The van der Waals surface area contributed by atoms with Gasteiger partial charge in [0.15, 0.2) is 0 Å². The van der Waals surface area contributed by atoms with E-state index < -0.39 is 0 Å². The van der Waals surface area contributed by atoms with E-state index >= 15 is 0 Å². The molecule has 0 saturated carbocycles. The summed E-state index contributed by atoms with van der Waals surface area (Å²) >= 11 is 0. The topological polar surface area (TPSA) is 33.0 Å². The molecule has 0 aliphatic carbocycles. The van der Waals surface area contributed by atoms with Gasteiger partial charge in [-0.15, -0.1) is 0 Å². The lowest BCUT2D eigenvalue weighted by atomic mass is 10.1. The average Bonchev–Trinajstić information content (AvgIpc) is 2.19. The predicted octanol–water partition coefficient (Wildman–Crippen LogP) is 2.32. The smallest absolute Gasteiger partial charge is 0.118 e. The summed E-state index contributed by atoms with van der Waals surface area (Å²) in [5.74, 6) is 0.855. The first-order chi connectivity index (χ1) is 6.36. The highest BCUT2D eigenvalue weighted by Crippen LogP contribution is 2.11. The third-order valence-corrected chi connectivity index (χ3v) is 1.70. The van der Waals surface area contributed by atoms with E-state index in [1.165, 1.54) is 11.6 Å². The third kappa shape index (κ3) is 3.00. The molecule has 1 aromatic carbocycles. The van der Waals surface area contributed by atoms with Crippen molar-refractivity contribution in [3.05, 3.63) is 42.0 Å². The van der Waals surface area contributed by atoms with Gasteiger partial charge in [-0.05, 0) is 24.1 Å². The van der Waals surface area contributed by atoms with E-state index in [0.29, 0.717) is 0 Å². The van der Waals surface area contributed by atoms with Crippen LogP contribution in [-0.2, 0) is 6.42 Å². The third-order valence-electron chi connectivity index (χ3n) is 1.70. The van der Waals surface area contributed by atoms with Crippen LogP contribution in [0.2, 0.25) is 0 Å². The van der Waals surface area contributed by atoms with Crippen molar-refractivity contribution in [1.29, 1.82) is 5.26 Å². The maximum Gasteiger partial charge on any atom is 0.118 e. The van der Waals surface area contributed by atoms with E-state index in [1.807, 2.05) is 36.4 Å². The number of ether oxygens (including phenoxy) is 1. The zero-order valence-corrected chi connectivity index (χ0v) is 7.53. The van der Waals surface area contributed by atoms with Gasteiger partial charge in [0.05, 0.1) is 13.2 Å². The van der Waals surface area contributed by atoms with Gasteiger partial charge in [-0.1, -0.05) is 18.2 Å². The van der Waals surface area contributed by atoms with Gasteiger partial charge in [-0.3, -0.25) is 0 Å². The maximum absolute atomic E-state index is 8.27. The molecule has 0 aromatic heterocycles. The maximum atomic E-state index is 8.27. The Labute approximate surface area is 78.1 Å². The lowest BCUT2D eigenvalue weighted by Crippen LogP contribution is -1.84. The van der Waals surface area contributed by atoms with Crippen LogP contribution in [0.3, 0.4) is 0 Å². The summed E-state index contributed by atoms with van der Waals surface area (Å²) in [5.41, 5.74) is 1.17. The summed E-state index contributed by atoms with van der Waals surface area (Å²) in [4.78, 5) is 0. The summed E-state index contributed by atoms with van der Waals surface area (Å²) in [5, 5.41) is 8.27. The highest BCUT2D eigenvalue weighted by molar-refractivity contribution is 5.28. The number of methoxy groups -OCH3 is 1. The number of allylic oxidation sites excluding steroid dienone is 2. The molecule has 66 valence electrons. The molecule has 0 spiro atoms. The Morgan fingerprint density at radius 2 is 2.08 bits per heavy atom. The van der Waals surface area contributed by atoms with Gasteiger partial charge in [0, 0.05) is 6.08 Å². The molecule has 0 amide bonds. The van der Waals surface area contributed by atoms with Crippen molar-refractivity contribution in [2.45, 2.75) is 6.42 Å². The molecule has 1 rings (SSSR count). The van der Waals surface area contributed by atoms with Gasteiger partial charge in [-0.2, -0.15) is 5.26 Å². The van der Waals surface area contributed by atoms with Crippen molar-refractivity contribution in [3.8, 4) is 11.8 Å². The molecule has 0 atom stereocenters. The van der Waals surface area contributed by atoms with E-state index in [9.17, 15) is 0 Å². The molecule has 0 unspecified atom stereocenters. The summed E-state index contributed by atoms with van der Waals surface area (Å²) in [6.45, 7) is 0. The molecular weight excluding hydrogens is 162 g/mol. The number of hydrogen-bond acceptors (Lipinski definition) is 2. The minimum Gasteiger partial charge on any atom is -0.497 e. The van der Waals surface area contributed by atoms with Crippen LogP contribution in [0.1, 0.15) is 5.56 Å². The fraction of sp³-hybridized carbons (Fsp3) is 0.182. The number of hydrogen-bond donors (Lipinski definition) is 0. The van der Waals surface area contributed by atoms with E-state index in [4.69, 9.17) is 10.00 Å². The van der Waals surface area contributed by atoms with Crippen LogP contribution < -0.4 is 4.74 Å². The second-order valence-corrected chi connectivity index (χ2v) is 2.58. The van der Waals surface area contributed by atoms with Crippen LogP contribution in [0.5, 0.6) is 5.75 Å². The number of benzene rings is 1. The van der Waals surface area contributed by atoms with Crippen LogP contribution >= 0.6 is 0 Å². The predicted molar refractivity (Wildman–Crippen MR) is 51.5 cm³/mol. The number of nitriles is 1. The molecule has 0 radical (unpaired) electrons. The summed E-state index contributed by atoms with van der Waals surface area (Å²) in [6, 6.07) is 9.75. The Morgan fingerprint density at radius 3 is 2.62 bits per heavy atom. The van der Waals surface area contributed by atoms with Crippen molar-refractivity contribution in [3.63, 3.8) is 0 Å². The Bertz CT molecular complexity index is 319. The summed E-state index contributed by atoms with van der Waals surface area (Å²) in [7, 11) is 1.64. The van der Waals surface area contributed by atoms with E-state index in [1.54, 1.807) is 7.11 Å². The van der Waals surface area contributed by atoms with Gasteiger partial charge in [0.2, 0.25) is 0 Å². The first kappa shape index (κ1) is 9.34. The molecule has 0 bridgehead atoms. The monoisotopic (exact) mass is 173 g/mol. The summed E-state index contributed by atoms with van der Waals surface area (Å²) < 4.78 is 5.02. The molecule has 0 saturated heterocycles. The van der Waals surface area contributed by atoms with E-state index in [2.05, 4.69) is 0 Å². The SMILES string of the molecule is COc1ccc(C/C=C\C#N)cc1. The minimum absolute atomic E-state index is 0.789. The molecule has 1 aromatic rings. The highest BCUT2D eigenvalue weighted by atomic mass is 16.5. The Balaban J connectivity index is 2.60. The Morgan fingerprint density at radius 1 is 1.38 bits per heavy atom. The minimum atomic E-state index is 0.789. The Kier molecular flexibility index (Phi) is 3.59. The van der Waals surface area contributed by atoms with Crippen molar-refractivity contribution in [2.24, 2.45) is 0 Å². The second kappa shape index (κ2) is 5.00. The van der Waals surface area contributed by atoms with E-state index in [0.717, 1.165) is 12.2 Å². The van der Waals surface area contributed by atoms with Gasteiger partial charge < -0.3 is 4.74 Å². The van der Waals surface area contributed by atoms with Crippen molar-refractivity contribution < 1.29 is 4.74 Å². The molecule has 2 heteroatoms. The van der Waals surface area contributed by atoms with Gasteiger partial charge in [0.1, 0.15) is 5.75 Å². The molecule has 0 heterocycles. The molecular formula is C11H11NO. The normalized spacial score (nSPS) is 9.85. The van der Waals surface area contributed by atoms with Crippen molar-refractivity contribution in [2.75, 3.05) is 7.11 Å². The van der Waals surface area contributed by atoms with Crippen LogP contribution in [0.4, 0.5) is 0 Å².